The first kappa shape index (κ1) is 30.9. The Labute approximate surface area is 205 Å². The molecule has 0 bridgehead atoms. The summed E-state index contributed by atoms with van der Waals surface area (Å²) >= 11 is 0. The van der Waals surface area contributed by atoms with Crippen LogP contribution in [0.15, 0.2) is 24.3 Å². The molecule has 0 fully saturated rings. The lowest BCUT2D eigenvalue weighted by Gasteiger charge is -2.24. The van der Waals surface area contributed by atoms with Crippen LogP contribution in [0.5, 0.6) is 0 Å². The van der Waals surface area contributed by atoms with Crippen LogP contribution >= 0.6 is 0 Å². The smallest absolute Gasteiger partial charge is 0.330 e. The Bertz CT molecular complexity index is 601. The van der Waals surface area contributed by atoms with E-state index in [9.17, 15) is 13.2 Å². The highest BCUT2D eigenvalue weighted by Gasteiger charge is 2.30. The third-order valence-electron chi connectivity index (χ3n) is 6.03. The second-order valence-electron chi connectivity index (χ2n) is 9.02. The second kappa shape index (κ2) is 19.1. The Morgan fingerprint density at radius 3 is 1.85 bits per heavy atom. The summed E-state index contributed by atoms with van der Waals surface area (Å²) in [5, 5.41) is 0. The van der Waals surface area contributed by atoms with Gasteiger partial charge in [0.2, 0.25) is 0 Å². The molecule has 0 saturated heterocycles. The summed E-state index contributed by atoms with van der Waals surface area (Å²) in [4.78, 5) is 0. The van der Waals surface area contributed by atoms with E-state index in [1.165, 1.54) is 50.7 Å². The van der Waals surface area contributed by atoms with E-state index in [4.69, 9.17) is 14.2 Å². The fourth-order valence-electron chi connectivity index (χ4n) is 4.12. The van der Waals surface area contributed by atoms with Crippen molar-refractivity contribution in [1.29, 1.82) is 0 Å². The first-order valence-electron chi connectivity index (χ1n) is 13.4. The Kier molecular flexibility index (Phi) is 17.4. The van der Waals surface area contributed by atoms with Gasteiger partial charge < -0.3 is 14.2 Å². The Morgan fingerprint density at radius 2 is 1.29 bits per heavy atom. The second-order valence-corrected chi connectivity index (χ2v) is 9.02. The molecule has 0 saturated carbocycles. The molecule has 1 atom stereocenters. The average molecular weight is 489 g/mol. The van der Waals surface area contributed by atoms with Gasteiger partial charge in [-0.1, -0.05) is 89.3 Å². The Hall–Kier alpha value is -1.11. The number of ether oxygens (including phenoxy) is 3. The van der Waals surface area contributed by atoms with Gasteiger partial charge in [-0.3, -0.25) is 0 Å². The van der Waals surface area contributed by atoms with Crippen molar-refractivity contribution >= 4 is 0 Å². The molecule has 0 radical (unpaired) electrons. The van der Waals surface area contributed by atoms with E-state index in [1.807, 2.05) is 13.8 Å². The quantitative estimate of drug-likeness (QED) is 0.128. The lowest BCUT2D eigenvalue weighted by Crippen LogP contribution is -2.27. The van der Waals surface area contributed by atoms with Crippen molar-refractivity contribution in [2.45, 2.75) is 129 Å². The minimum atomic E-state index is -4.28. The summed E-state index contributed by atoms with van der Waals surface area (Å²) in [6.45, 7) is 6.59. The van der Waals surface area contributed by atoms with E-state index in [2.05, 4.69) is 6.92 Å². The maximum Gasteiger partial charge on any atom is 0.416 e. The molecule has 0 aliphatic heterocycles. The molecule has 0 spiro atoms. The van der Waals surface area contributed by atoms with Crippen LogP contribution in [0, 0.1) is 0 Å². The fourth-order valence-corrected chi connectivity index (χ4v) is 4.12. The third kappa shape index (κ3) is 15.0. The van der Waals surface area contributed by atoms with Crippen molar-refractivity contribution in [3.63, 3.8) is 0 Å². The molecule has 34 heavy (non-hydrogen) atoms. The number of unbranched alkanes of at least 4 members (excludes halogenated alkanes) is 9. The van der Waals surface area contributed by atoms with Gasteiger partial charge >= 0.3 is 6.18 Å². The minimum absolute atomic E-state index is 0.113. The zero-order valence-corrected chi connectivity index (χ0v) is 21.6. The summed E-state index contributed by atoms with van der Waals surface area (Å²) in [7, 11) is 0. The van der Waals surface area contributed by atoms with Gasteiger partial charge in [0.05, 0.1) is 11.7 Å². The van der Waals surface area contributed by atoms with Crippen molar-refractivity contribution in [3.8, 4) is 0 Å². The van der Waals surface area contributed by atoms with E-state index in [1.54, 1.807) is 6.07 Å². The van der Waals surface area contributed by atoms with E-state index in [0.29, 0.717) is 19.6 Å². The SMILES string of the molecule is CCCCCCCCCC(CCCCCCc1cccc(C(F)(F)F)c1)OC(OCC)OCC. The van der Waals surface area contributed by atoms with Crippen LogP contribution in [0.4, 0.5) is 13.2 Å². The van der Waals surface area contributed by atoms with Crippen LogP contribution in [-0.4, -0.2) is 25.8 Å². The van der Waals surface area contributed by atoms with Gasteiger partial charge in [0.15, 0.2) is 0 Å². The monoisotopic (exact) mass is 488 g/mol. The van der Waals surface area contributed by atoms with Crippen LogP contribution in [-0.2, 0) is 26.8 Å². The van der Waals surface area contributed by atoms with E-state index >= 15 is 0 Å². The van der Waals surface area contributed by atoms with Crippen molar-refractivity contribution < 1.29 is 27.4 Å². The molecular formula is C28H47F3O3. The number of hydrogen-bond donors (Lipinski definition) is 0. The standard InChI is InChI=1S/C28H47F3O3/c1-4-7-8-9-10-11-15-21-26(34-27(32-5-2)33-6-3)22-16-13-12-14-18-24-19-17-20-25(23-24)28(29,30)31/h17,19-20,23,26-27H,4-16,18,21-22H2,1-3H3. The van der Waals surface area contributed by atoms with Gasteiger partial charge in [-0.15, -0.1) is 0 Å². The molecule has 1 unspecified atom stereocenters. The highest BCUT2D eigenvalue weighted by atomic mass is 19.4. The van der Waals surface area contributed by atoms with Crippen molar-refractivity contribution in [3.05, 3.63) is 35.4 Å². The van der Waals surface area contributed by atoms with Gasteiger partial charge in [-0.2, -0.15) is 13.2 Å². The third-order valence-corrected chi connectivity index (χ3v) is 6.03. The highest BCUT2D eigenvalue weighted by molar-refractivity contribution is 5.25. The first-order chi connectivity index (χ1) is 16.4. The van der Waals surface area contributed by atoms with Gasteiger partial charge in [0.25, 0.3) is 6.48 Å². The van der Waals surface area contributed by atoms with Gasteiger partial charge in [0.1, 0.15) is 0 Å². The summed E-state index contributed by atoms with van der Waals surface area (Å²) in [6.07, 6.45) is 11.3. The predicted molar refractivity (Wildman–Crippen MR) is 133 cm³/mol. The van der Waals surface area contributed by atoms with Gasteiger partial charge in [-0.25, -0.2) is 0 Å². The van der Waals surface area contributed by atoms with Crippen LogP contribution in [0.3, 0.4) is 0 Å². The summed E-state index contributed by atoms with van der Waals surface area (Å²) in [5.74, 6) is 0. The molecule has 1 rings (SSSR count). The first-order valence-corrected chi connectivity index (χ1v) is 13.4. The van der Waals surface area contributed by atoms with Crippen molar-refractivity contribution in [2.75, 3.05) is 13.2 Å². The molecule has 0 aliphatic carbocycles. The van der Waals surface area contributed by atoms with Crippen molar-refractivity contribution in [1.82, 2.24) is 0 Å². The number of rotatable bonds is 21. The number of hydrogen-bond acceptors (Lipinski definition) is 3. The lowest BCUT2D eigenvalue weighted by atomic mass is 10.0. The Balaban J connectivity index is 2.36. The average Bonchev–Trinajstić information content (AvgIpc) is 2.80. The molecular weight excluding hydrogens is 441 g/mol. The largest absolute Gasteiger partial charge is 0.416 e. The van der Waals surface area contributed by atoms with Crippen molar-refractivity contribution in [2.24, 2.45) is 0 Å². The molecule has 0 N–H and O–H groups in total. The van der Waals surface area contributed by atoms with Gasteiger partial charge in [0, 0.05) is 13.2 Å². The number of alkyl halides is 3. The molecule has 1 aromatic carbocycles. The van der Waals surface area contributed by atoms with E-state index in [0.717, 1.165) is 56.6 Å². The minimum Gasteiger partial charge on any atom is -0.330 e. The zero-order valence-electron chi connectivity index (χ0n) is 21.6. The Morgan fingerprint density at radius 1 is 0.735 bits per heavy atom. The number of halogens is 3. The molecule has 198 valence electrons. The molecule has 3 nitrogen and oxygen atoms in total. The zero-order chi connectivity index (χ0) is 25.1. The topological polar surface area (TPSA) is 27.7 Å². The molecule has 0 aromatic heterocycles. The van der Waals surface area contributed by atoms with Gasteiger partial charge in [-0.05, 0) is 51.2 Å². The maximum atomic E-state index is 12.9. The van der Waals surface area contributed by atoms with E-state index in [-0.39, 0.29) is 6.10 Å². The van der Waals surface area contributed by atoms with Crippen LogP contribution in [0.2, 0.25) is 0 Å². The summed E-state index contributed by atoms with van der Waals surface area (Å²) in [6, 6.07) is 5.68. The van der Waals surface area contributed by atoms with E-state index < -0.39 is 18.2 Å². The summed E-state index contributed by atoms with van der Waals surface area (Å²) in [5.41, 5.74) is 0.194. The summed E-state index contributed by atoms with van der Waals surface area (Å²) < 4.78 is 55.9. The molecule has 0 aliphatic rings. The fraction of sp³-hybridized carbons (Fsp3) is 0.786. The normalized spacial score (nSPS) is 13.0. The van der Waals surface area contributed by atoms with Crippen LogP contribution < -0.4 is 0 Å². The van der Waals surface area contributed by atoms with Crippen LogP contribution in [0.1, 0.15) is 115 Å². The predicted octanol–water partition coefficient (Wildman–Crippen LogP) is 9.08. The number of aryl methyl sites for hydroxylation is 1. The van der Waals surface area contributed by atoms with Crippen LogP contribution in [0.25, 0.3) is 0 Å². The highest BCUT2D eigenvalue weighted by Crippen LogP contribution is 2.30. The molecule has 0 amide bonds. The molecule has 1 aromatic rings. The maximum absolute atomic E-state index is 12.9. The lowest BCUT2D eigenvalue weighted by molar-refractivity contribution is -0.302. The number of benzene rings is 1. The molecule has 6 heteroatoms. The molecule has 0 heterocycles.